The van der Waals surface area contributed by atoms with Gasteiger partial charge in [-0.25, -0.2) is 8.42 Å². The van der Waals surface area contributed by atoms with Gasteiger partial charge in [-0.05, 0) is 55.5 Å². The zero-order valence-corrected chi connectivity index (χ0v) is 19.4. The van der Waals surface area contributed by atoms with Crippen LogP contribution in [0.5, 0.6) is 5.75 Å². The van der Waals surface area contributed by atoms with Gasteiger partial charge in [0.05, 0.1) is 11.9 Å². The number of carbonyl (C=O) groups is 1. The Morgan fingerprint density at radius 3 is 2.17 bits per heavy atom. The summed E-state index contributed by atoms with van der Waals surface area (Å²) in [4.78, 5) is 12.6. The number of ether oxygens (including phenoxy) is 1. The first-order chi connectivity index (χ1) is 13.9. The number of nitrogens with zero attached hydrogens (tertiary/aromatic N) is 1. The summed E-state index contributed by atoms with van der Waals surface area (Å²) in [5.74, 6) is 0.310. The van der Waals surface area contributed by atoms with Gasteiger partial charge in [0.2, 0.25) is 10.0 Å². The fraction of sp³-hybridized carbons (Fsp3) is 0.435. The third-order valence-electron chi connectivity index (χ3n) is 5.14. The van der Waals surface area contributed by atoms with Crippen LogP contribution in [0.3, 0.4) is 0 Å². The van der Waals surface area contributed by atoms with E-state index in [9.17, 15) is 13.2 Å². The van der Waals surface area contributed by atoms with Crippen LogP contribution < -0.4 is 14.4 Å². The van der Waals surface area contributed by atoms with Crippen LogP contribution in [0.25, 0.3) is 0 Å². The van der Waals surface area contributed by atoms with Crippen LogP contribution in [0.2, 0.25) is 0 Å². The van der Waals surface area contributed by atoms with Gasteiger partial charge in [0.15, 0.2) is 6.10 Å². The van der Waals surface area contributed by atoms with Crippen molar-refractivity contribution in [2.45, 2.75) is 51.7 Å². The molecule has 0 aliphatic carbocycles. The molecule has 2 aromatic rings. The van der Waals surface area contributed by atoms with Crippen molar-refractivity contribution in [1.82, 2.24) is 5.32 Å². The second kappa shape index (κ2) is 9.51. The molecule has 1 N–H and O–H groups in total. The van der Waals surface area contributed by atoms with Crippen molar-refractivity contribution < 1.29 is 17.9 Å². The molecule has 0 fully saturated rings. The molecule has 0 unspecified atom stereocenters. The lowest BCUT2D eigenvalue weighted by Crippen LogP contribution is -2.43. The zero-order chi connectivity index (χ0) is 22.5. The molecule has 0 saturated heterocycles. The maximum atomic E-state index is 12.6. The zero-order valence-electron chi connectivity index (χ0n) is 18.5. The third kappa shape index (κ3) is 6.49. The van der Waals surface area contributed by atoms with E-state index in [4.69, 9.17) is 4.74 Å². The molecule has 1 amide bonds. The van der Waals surface area contributed by atoms with Gasteiger partial charge in [0.1, 0.15) is 5.75 Å². The Labute approximate surface area is 180 Å². The van der Waals surface area contributed by atoms with Crippen LogP contribution in [-0.2, 0) is 20.2 Å². The van der Waals surface area contributed by atoms with Gasteiger partial charge in [-0.2, -0.15) is 0 Å². The van der Waals surface area contributed by atoms with Crippen LogP contribution in [0.4, 0.5) is 5.69 Å². The van der Waals surface area contributed by atoms with E-state index < -0.39 is 16.1 Å². The second-order valence-electron chi connectivity index (χ2n) is 8.35. The van der Waals surface area contributed by atoms with Gasteiger partial charge < -0.3 is 10.1 Å². The predicted molar refractivity (Wildman–Crippen MR) is 121 cm³/mol. The average molecular weight is 433 g/mol. The van der Waals surface area contributed by atoms with E-state index in [0.29, 0.717) is 11.4 Å². The predicted octanol–water partition coefficient (Wildman–Crippen LogP) is 3.72. The Bertz CT molecular complexity index is 941. The molecule has 0 spiro atoms. The summed E-state index contributed by atoms with van der Waals surface area (Å²) in [6, 6.07) is 16.8. The van der Waals surface area contributed by atoms with Crippen LogP contribution >= 0.6 is 0 Å². The van der Waals surface area contributed by atoms with Gasteiger partial charge in [-0.15, -0.1) is 0 Å². The van der Waals surface area contributed by atoms with Crippen molar-refractivity contribution in [3.05, 3.63) is 60.2 Å². The quantitative estimate of drug-likeness (QED) is 0.655. The van der Waals surface area contributed by atoms with Crippen molar-refractivity contribution in [3.63, 3.8) is 0 Å². The molecule has 0 radical (unpaired) electrons. The van der Waals surface area contributed by atoms with E-state index in [1.807, 2.05) is 25.1 Å². The highest BCUT2D eigenvalue weighted by atomic mass is 32.2. The minimum Gasteiger partial charge on any atom is -0.481 e. The molecule has 164 valence electrons. The van der Waals surface area contributed by atoms with Crippen molar-refractivity contribution in [3.8, 4) is 5.75 Å². The SMILES string of the molecule is C[C@H](CC(C)(C)c1ccccc1)NC(=O)[C@@H](C)Oc1ccc(N(C)S(C)(=O)=O)cc1. The number of sulfonamides is 1. The largest absolute Gasteiger partial charge is 0.481 e. The molecule has 7 heteroatoms. The summed E-state index contributed by atoms with van der Waals surface area (Å²) in [5.41, 5.74) is 1.69. The Balaban J connectivity index is 1.93. The molecule has 6 nitrogen and oxygen atoms in total. The first-order valence-electron chi connectivity index (χ1n) is 9.96. The molecule has 0 aliphatic heterocycles. The molecule has 0 bridgehead atoms. The number of hydrogen-bond donors (Lipinski definition) is 1. The van der Waals surface area contributed by atoms with E-state index in [-0.39, 0.29) is 17.4 Å². The summed E-state index contributed by atoms with van der Waals surface area (Å²) >= 11 is 0. The summed E-state index contributed by atoms with van der Waals surface area (Å²) in [5, 5.41) is 3.02. The van der Waals surface area contributed by atoms with Crippen LogP contribution in [0.1, 0.15) is 39.7 Å². The minimum atomic E-state index is -3.33. The first-order valence-corrected chi connectivity index (χ1v) is 11.8. The highest BCUT2D eigenvalue weighted by Gasteiger charge is 2.25. The van der Waals surface area contributed by atoms with E-state index in [0.717, 1.165) is 12.7 Å². The number of anilines is 1. The lowest BCUT2D eigenvalue weighted by Gasteiger charge is -2.29. The molecule has 0 aliphatic rings. The van der Waals surface area contributed by atoms with Crippen molar-refractivity contribution in [2.24, 2.45) is 0 Å². The molecular weight excluding hydrogens is 400 g/mol. The molecule has 2 aromatic carbocycles. The fourth-order valence-corrected chi connectivity index (χ4v) is 3.87. The van der Waals surface area contributed by atoms with E-state index >= 15 is 0 Å². The molecule has 30 heavy (non-hydrogen) atoms. The Morgan fingerprint density at radius 2 is 1.63 bits per heavy atom. The fourth-order valence-electron chi connectivity index (χ4n) is 3.37. The average Bonchev–Trinajstić information content (AvgIpc) is 2.67. The highest BCUT2D eigenvalue weighted by molar-refractivity contribution is 7.92. The van der Waals surface area contributed by atoms with E-state index in [1.165, 1.54) is 16.9 Å². The monoisotopic (exact) mass is 432 g/mol. The van der Waals surface area contributed by atoms with Gasteiger partial charge in [-0.3, -0.25) is 9.10 Å². The van der Waals surface area contributed by atoms with Crippen molar-refractivity contribution >= 4 is 21.6 Å². The lowest BCUT2D eigenvalue weighted by molar-refractivity contribution is -0.128. The van der Waals surface area contributed by atoms with Crippen LogP contribution in [0, 0.1) is 0 Å². The number of hydrogen-bond acceptors (Lipinski definition) is 4. The van der Waals surface area contributed by atoms with E-state index in [1.54, 1.807) is 31.2 Å². The normalized spacial score (nSPS) is 13.9. The van der Waals surface area contributed by atoms with E-state index in [2.05, 4.69) is 31.3 Å². The molecule has 2 rings (SSSR count). The van der Waals surface area contributed by atoms with Crippen LogP contribution in [-0.4, -0.2) is 39.8 Å². The maximum absolute atomic E-state index is 12.6. The number of benzene rings is 2. The number of carbonyl (C=O) groups excluding carboxylic acids is 1. The molecule has 0 heterocycles. The number of nitrogens with one attached hydrogen (secondary N) is 1. The van der Waals surface area contributed by atoms with Crippen molar-refractivity contribution in [2.75, 3.05) is 17.6 Å². The summed E-state index contributed by atoms with van der Waals surface area (Å²) in [7, 11) is -1.84. The first kappa shape index (κ1) is 23.7. The van der Waals surface area contributed by atoms with Crippen LogP contribution in [0.15, 0.2) is 54.6 Å². The number of amides is 1. The maximum Gasteiger partial charge on any atom is 0.260 e. The standard InChI is InChI=1S/C23H32N2O4S/c1-17(16-23(3,4)19-10-8-7-9-11-19)24-22(26)18(2)29-21-14-12-20(13-15-21)25(5)30(6,27)28/h7-15,17-18H,16H2,1-6H3,(H,24,26)/t17-,18-/m1/s1. The second-order valence-corrected chi connectivity index (χ2v) is 10.4. The molecule has 0 aromatic heterocycles. The van der Waals surface area contributed by atoms with Gasteiger partial charge >= 0.3 is 0 Å². The molecule has 0 saturated carbocycles. The Kier molecular flexibility index (Phi) is 7.53. The molecule has 2 atom stereocenters. The summed E-state index contributed by atoms with van der Waals surface area (Å²) in [6.45, 7) is 8.02. The van der Waals surface area contributed by atoms with Crippen molar-refractivity contribution in [1.29, 1.82) is 0 Å². The summed E-state index contributed by atoms with van der Waals surface area (Å²) in [6.07, 6.45) is 1.26. The lowest BCUT2D eigenvalue weighted by atomic mass is 9.79. The third-order valence-corrected chi connectivity index (χ3v) is 6.35. The molecular formula is C23H32N2O4S. The highest BCUT2D eigenvalue weighted by Crippen LogP contribution is 2.28. The topological polar surface area (TPSA) is 75.7 Å². The smallest absolute Gasteiger partial charge is 0.260 e. The number of rotatable bonds is 9. The van der Waals surface area contributed by atoms with Gasteiger partial charge in [0, 0.05) is 13.1 Å². The van der Waals surface area contributed by atoms with Gasteiger partial charge in [-0.1, -0.05) is 44.2 Å². The van der Waals surface area contributed by atoms with Gasteiger partial charge in [0.25, 0.3) is 5.91 Å². The summed E-state index contributed by atoms with van der Waals surface area (Å²) < 4.78 is 30.2. The minimum absolute atomic E-state index is 0.0236. The Hall–Kier alpha value is -2.54. The Morgan fingerprint density at radius 1 is 1.07 bits per heavy atom.